The van der Waals surface area contributed by atoms with Crippen molar-refractivity contribution in [3.63, 3.8) is 0 Å². The van der Waals surface area contributed by atoms with Crippen molar-refractivity contribution in [2.75, 3.05) is 0 Å². The monoisotopic (exact) mass is 310 g/mol. The van der Waals surface area contributed by atoms with E-state index in [1.807, 2.05) is 0 Å². The number of hydrogen-bond acceptors (Lipinski definition) is 12. The van der Waals surface area contributed by atoms with E-state index in [9.17, 15) is 0 Å². The molecule has 0 N–H and O–H groups in total. The molecule has 0 unspecified atom stereocenters. The van der Waals surface area contributed by atoms with Crippen molar-refractivity contribution in [2.24, 2.45) is 0 Å². The van der Waals surface area contributed by atoms with Crippen LogP contribution in [0.5, 0.6) is 0 Å². The first-order valence-electron chi connectivity index (χ1n) is 2.00. The summed E-state index contributed by atoms with van der Waals surface area (Å²) in [5.74, 6) is 0. The molecule has 0 bridgehead atoms. The van der Waals surface area contributed by atoms with E-state index in [-0.39, 0.29) is 16.8 Å². The largest absolute Gasteiger partial charge is 3.00 e. The van der Waals surface area contributed by atoms with Gasteiger partial charge in [-0.25, -0.2) is 0 Å². The zero-order valence-electron chi connectivity index (χ0n) is 7.28. The summed E-state index contributed by atoms with van der Waals surface area (Å²) in [6.45, 7) is 0. The molecule has 0 amide bonds. The van der Waals surface area contributed by atoms with Crippen LogP contribution in [0, 0.1) is 0 Å². The molecule has 0 aliphatic heterocycles. The van der Waals surface area contributed by atoms with Crippen LogP contribution in [0.25, 0.3) is 0 Å². The normalized spacial score (nSPS) is 10.2. The molecule has 0 heterocycles. The van der Waals surface area contributed by atoms with Gasteiger partial charge in [0, 0.05) is 31.2 Å². The van der Waals surface area contributed by atoms with Crippen molar-refractivity contribution in [3.05, 3.63) is 0 Å². The zero-order valence-corrected chi connectivity index (χ0v) is 9.73. The van der Waals surface area contributed by atoms with Crippen molar-refractivity contribution in [2.45, 2.75) is 0 Å². The SMILES string of the molecule is O=S(=O)([O-])[O-].O=S(=O)([O-])[O-].O=S(=O)([O-])[O-].[B+3].[B+3]. The van der Waals surface area contributed by atoms with Gasteiger partial charge < -0.3 is 27.3 Å². The third kappa shape index (κ3) is 43900. The maximum Gasteiger partial charge on any atom is 3.00 e. The topological polar surface area (TPSA) is 241 Å². The molecule has 0 fully saturated rings. The summed E-state index contributed by atoms with van der Waals surface area (Å²) < 4.78 is 102. The molecule has 0 atom stereocenters. The maximum absolute atomic E-state index is 8.52. The van der Waals surface area contributed by atoms with Crippen LogP contribution in [0.3, 0.4) is 0 Å². The molecule has 0 aromatic carbocycles. The molecule has 96 valence electrons. The average Bonchev–Trinajstić information content (AvgIpc) is 1.41. The number of rotatable bonds is 0. The molecule has 17 heteroatoms. The van der Waals surface area contributed by atoms with E-state index in [1.165, 1.54) is 0 Å². The molecule has 0 aliphatic rings. The quantitative estimate of drug-likeness (QED) is 0.232. The van der Waals surface area contributed by atoms with E-state index in [1.54, 1.807) is 0 Å². The van der Waals surface area contributed by atoms with Gasteiger partial charge in [0.2, 0.25) is 0 Å². The fourth-order valence-electron chi connectivity index (χ4n) is 0. The van der Waals surface area contributed by atoms with Crippen LogP contribution in [-0.2, 0) is 31.2 Å². The molecule has 17 heavy (non-hydrogen) atoms. The first-order valence-corrected chi connectivity index (χ1v) is 6.00. The van der Waals surface area contributed by atoms with Gasteiger partial charge in [-0.1, -0.05) is 0 Å². The van der Waals surface area contributed by atoms with Gasteiger partial charge in [0.15, 0.2) is 0 Å². The zero-order chi connectivity index (χ0) is 13.5. The van der Waals surface area contributed by atoms with Gasteiger partial charge >= 0.3 is 16.8 Å². The molecule has 0 radical (unpaired) electrons. The Hall–Kier alpha value is -0.260. The van der Waals surface area contributed by atoms with Crippen LogP contribution >= 0.6 is 0 Å². The first kappa shape index (κ1) is 30.1. The second kappa shape index (κ2) is 10.9. The second-order valence-corrected chi connectivity index (χ2v) is 3.67. The van der Waals surface area contributed by atoms with Crippen molar-refractivity contribution in [1.82, 2.24) is 0 Å². The molecule has 0 saturated heterocycles. The fraction of sp³-hybridized carbons (Fsp3) is 0. The molecule has 0 aromatic rings. The van der Waals surface area contributed by atoms with E-state index in [0.29, 0.717) is 0 Å². The minimum Gasteiger partial charge on any atom is -0.759 e. The minimum atomic E-state index is -5.17. The van der Waals surface area contributed by atoms with Crippen molar-refractivity contribution < 1.29 is 52.6 Å². The van der Waals surface area contributed by atoms with E-state index in [4.69, 9.17) is 52.6 Å². The van der Waals surface area contributed by atoms with E-state index < -0.39 is 31.2 Å². The summed E-state index contributed by atoms with van der Waals surface area (Å²) in [4.78, 5) is 0. The van der Waals surface area contributed by atoms with Gasteiger partial charge in [-0.05, 0) is 0 Å². The molecule has 0 aliphatic carbocycles. The van der Waals surface area contributed by atoms with Gasteiger partial charge in [0.1, 0.15) is 0 Å². The summed E-state index contributed by atoms with van der Waals surface area (Å²) in [5.41, 5.74) is 0. The van der Waals surface area contributed by atoms with Crippen LogP contribution in [0.2, 0.25) is 0 Å². The predicted octanol–water partition coefficient (Wildman–Crippen LogP) is -4.78. The Labute approximate surface area is 101 Å². The van der Waals surface area contributed by atoms with E-state index in [2.05, 4.69) is 0 Å². The van der Waals surface area contributed by atoms with E-state index >= 15 is 0 Å². The molecular weight excluding hydrogens is 310 g/mol. The second-order valence-electron chi connectivity index (χ2n) is 1.22. The summed E-state index contributed by atoms with van der Waals surface area (Å²) in [6.07, 6.45) is 0. The summed E-state index contributed by atoms with van der Waals surface area (Å²) in [5, 5.41) is 0. The van der Waals surface area contributed by atoms with Crippen LogP contribution in [0.4, 0.5) is 0 Å². The Balaban J connectivity index is -0.0000000400. The standard InChI is InChI=1S/2B.3H2O4S/c;;3*1-5(2,3)4/h;;3*(H2,1,2,3,4)/q2*+3;;;/p-6. The summed E-state index contributed by atoms with van der Waals surface area (Å²) in [7, 11) is -15.5. The smallest absolute Gasteiger partial charge is 0.759 e. The Bertz CT molecular complexity index is 341. The van der Waals surface area contributed by atoms with Gasteiger partial charge in [0.05, 0.1) is 0 Å². The molecule has 0 aromatic heterocycles. The van der Waals surface area contributed by atoms with Crippen LogP contribution in [0.1, 0.15) is 0 Å². The minimum absolute atomic E-state index is 0. The van der Waals surface area contributed by atoms with Crippen LogP contribution < -0.4 is 0 Å². The summed E-state index contributed by atoms with van der Waals surface area (Å²) in [6, 6.07) is 0. The Morgan fingerprint density at radius 2 is 0.412 bits per heavy atom. The van der Waals surface area contributed by atoms with Crippen LogP contribution in [-0.4, -0.2) is 69.4 Å². The Morgan fingerprint density at radius 1 is 0.412 bits per heavy atom. The van der Waals surface area contributed by atoms with Gasteiger partial charge in [-0.3, -0.25) is 25.3 Å². The van der Waals surface area contributed by atoms with Crippen molar-refractivity contribution in [3.8, 4) is 0 Å². The van der Waals surface area contributed by atoms with Crippen molar-refractivity contribution >= 4 is 48.0 Å². The van der Waals surface area contributed by atoms with Gasteiger partial charge in [-0.15, -0.1) is 0 Å². The number of hydrogen-bond donors (Lipinski definition) is 0. The molecule has 12 nitrogen and oxygen atoms in total. The van der Waals surface area contributed by atoms with Crippen molar-refractivity contribution in [1.29, 1.82) is 0 Å². The average molecular weight is 310 g/mol. The molecule has 0 saturated carbocycles. The van der Waals surface area contributed by atoms with E-state index in [0.717, 1.165) is 0 Å². The Kier molecular flexibility index (Phi) is 19.2. The summed E-state index contributed by atoms with van der Waals surface area (Å²) >= 11 is 0. The molecule has 0 rings (SSSR count). The van der Waals surface area contributed by atoms with Crippen LogP contribution in [0.15, 0.2) is 0 Å². The first-order chi connectivity index (χ1) is 6.00. The third-order valence-corrected chi connectivity index (χ3v) is 0. The predicted molar refractivity (Wildman–Crippen MR) is 42.9 cm³/mol. The molecule has 0 spiro atoms. The fourth-order valence-corrected chi connectivity index (χ4v) is 0. The maximum atomic E-state index is 8.52. The van der Waals surface area contributed by atoms with Gasteiger partial charge in [0.25, 0.3) is 0 Å². The third-order valence-electron chi connectivity index (χ3n) is 0. The van der Waals surface area contributed by atoms with Gasteiger partial charge in [-0.2, -0.15) is 0 Å². The molecular formula is B2O12S3. The Morgan fingerprint density at radius 3 is 0.412 bits per heavy atom.